The van der Waals surface area contributed by atoms with E-state index in [0.29, 0.717) is 6.42 Å². The minimum Gasteiger partial charge on any atom is -0.387 e. The van der Waals surface area contributed by atoms with Crippen LogP contribution in [0.4, 0.5) is 9.18 Å². The highest BCUT2D eigenvalue weighted by molar-refractivity contribution is 8.00. The number of hydrogen-bond acceptors (Lipinski definition) is 5. The molecule has 1 N–H and O–H groups in total. The van der Waals surface area contributed by atoms with Crippen molar-refractivity contribution in [2.75, 3.05) is 6.54 Å². The molecule has 6 nitrogen and oxygen atoms in total. The highest BCUT2D eigenvalue weighted by Gasteiger charge is 2.66. The lowest BCUT2D eigenvalue weighted by Gasteiger charge is -2.46. The molecule has 0 aliphatic carbocycles. The number of nitrogens with zero attached hydrogens (tertiary/aromatic N) is 1. The van der Waals surface area contributed by atoms with Crippen molar-refractivity contribution < 1.29 is 22.8 Å². The minimum atomic E-state index is -2.52. The number of alkyl halides is 1. The molecule has 1 unspecified atom stereocenters. The summed E-state index contributed by atoms with van der Waals surface area (Å²) in [6.07, 6.45) is -1.20. The summed E-state index contributed by atoms with van der Waals surface area (Å²) in [6.45, 7) is 12.7. The van der Waals surface area contributed by atoms with E-state index in [1.807, 2.05) is 0 Å². The first-order valence-electron chi connectivity index (χ1n) is 8.62. The number of urea groups is 1. The Balaban J connectivity index is 1.74. The van der Waals surface area contributed by atoms with Crippen molar-refractivity contribution in [2.45, 2.75) is 81.1 Å². The fourth-order valence-corrected chi connectivity index (χ4v) is 10.9. The van der Waals surface area contributed by atoms with Crippen LogP contribution < -0.4 is 5.32 Å². The summed E-state index contributed by atoms with van der Waals surface area (Å²) in [4.78, 5) is 24.7. The maximum Gasteiger partial charge on any atom is 0.350 e. The van der Waals surface area contributed by atoms with Crippen LogP contribution in [-0.4, -0.2) is 55.0 Å². The van der Waals surface area contributed by atoms with Gasteiger partial charge in [-0.3, -0.25) is 10.1 Å². The number of halogens is 1. The van der Waals surface area contributed by atoms with Crippen molar-refractivity contribution in [3.05, 3.63) is 0 Å². The Bertz CT molecular complexity index is 562. The first-order valence-corrected chi connectivity index (χ1v) is 11.4. The van der Waals surface area contributed by atoms with E-state index in [-0.39, 0.29) is 33.5 Å². The van der Waals surface area contributed by atoms with Crippen molar-refractivity contribution >= 4 is 32.3 Å². The number of carbonyl (C=O) groups is 2. The Labute approximate surface area is 153 Å². The molecule has 4 atom stereocenters. The van der Waals surface area contributed by atoms with Gasteiger partial charge in [-0.25, -0.2) is 9.18 Å². The molecule has 0 aromatic heterocycles. The largest absolute Gasteiger partial charge is 0.387 e. The molecule has 25 heavy (non-hydrogen) atoms. The molecule has 3 amide bonds. The summed E-state index contributed by atoms with van der Waals surface area (Å²) in [5.41, 5.74) is -0.154. The summed E-state index contributed by atoms with van der Waals surface area (Å²) >= 11 is 1.50. The topological polar surface area (TPSA) is 67.9 Å². The molecule has 0 spiro atoms. The van der Waals surface area contributed by atoms with E-state index in [4.69, 9.17) is 8.85 Å². The quantitative estimate of drug-likeness (QED) is 0.697. The van der Waals surface area contributed by atoms with Crippen LogP contribution >= 0.6 is 11.8 Å². The average molecular weight is 391 g/mol. The Hall–Kier alpha value is -0.643. The Kier molecular flexibility index (Phi) is 4.54. The van der Waals surface area contributed by atoms with Crippen molar-refractivity contribution in [1.82, 2.24) is 10.2 Å². The summed E-state index contributed by atoms with van der Waals surface area (Å²) < 4.78 is 26.9. The number of nitrogens with one attached hydrogen (secondary N) is 1. The molecule has 3 rings (SSSR count). The summed E-state index contributed by atoms with van der Waals surface area (Å²) in [7, 11) is -2.52. The van der Waals surface area contributed by atoms with Crippen LogP contribution in [0.3, 0.4) is 0 Å². The molecule has 0 saturated carbocycles. The lowest BCUT2D eigenvalue weighted by molar-refractivity contribution is -0.127. The Morgan fingerprint density at radius 1 is 1.16 bits per heavy atom. The fraction of sp³-hybridized carbons (Fsp3) is 0.875. The normalized spacial score (nSPS) is 35.7. The van der Waals surface area contributed by atoms with Crippen molar-refractivity contribution in [3.8, 4) is 0 Å². The lowest BCUT2D eigenvalue weighted by atomic mass is 10.2. The number of hydrogen-bond donors (Lipinski definition) is 1. The molecule has 3 heterocycles. The molecular formula is C16H27FN2O4SSi. The molecule has 3 saturated heterocycles. The van der Waals surface area contributed by atoms with Crippen LogP contribution in [-0.2, 0) is 13.6 Å². The summed E-state index contributed by atoms with van der Waals surface area (Å²) in [5, 5.41) is 1.65. The fourth-order valence-electron chi connectivity index (χ4n) is 4.09. The van der Waals surface area contributed by atoms with E-state index in [0.717, 1.165) is 0 Å². The van der Waals surface area contributed by atoms with E-state index in [1.165, 1.54) is 16.7 Å². The van der Waals surface area contributed by atoms with Gasteiger partial charge in [0.05, 0.1) is 18.0 Å². The monoisotopic (exact) mass is 390 g/mol. The third kappa shape index (κ3) is 3.02. The predicted octanol–water partition coefficient (Wildman–Crippen LogP) is 3.12. The van der Waals surface area contributed by atoms with Gasteiger partial charge in [0.1, 0.15) is 5.44 Å². The predicted molar refractivity (Wildman–Crippen MR) is 96.1 cm³/mol. The maximum atomic E-state index is 13.7. The molecule has 0 aromatic carbocycles. The second-order valence-electron chi connectivity index (χ2n) is 9.00. The average Bonchev–Trinajstić information content (AvgIpc) is 2.97. The van der Waals surface area contributed by atoms with E-state index >= 15 is 0 Å². The second-order valence-corrected chi connectivity index (χ2v) is 15.0. The number of fused-ring (bicyclic) bond motifs is 1. The van der Waals surface area contributed by atoms with Gasteiger partial charge < -0.3 is 13.8 Å². The highest BCUT2D eigenvalue weighted by Crippen LogP contribution is 2.60. The molecule has 0 bridgehead atoms. The van der Waals surface area contributed by atoms with Crippen LogP contribution in [0, 0.1) is 0 Å². The first-order chi connectivity index (χ1) is 11.4. The van der Waals surface area contributed by atoms with Crippen LogP contribution in [0.15, 0.2) is 0 Å². The molecule has 3 fully saturated rings. The third-order valence-corrected chi connectivity index (χ3v) is 11.9. The zero-order valence-corrected chi connectivity index (χ0v) is 17.4. The van der Waals surface area contributed by atoms with E-state index in [2.05, 4.69) is 46.9 Å². The van der Waals surface area contributed by atoms with Crippen molar-refractivity contribution in [3.63, 3.8) is 0 Å². The molecule has 3 aliphatic heterocycles. The number of thioether (sulfide) groups is 1. The third-order valence-electron chi connectivity index (χ3n) is 5.08. The van der Waals surface area contributed by atoms with Gasteiger partial charge in [0, 0.05) is 16.5 Å². The van der Waals surface area contributed by atoms with Crippen molar-refractivity contribution in [1.29, 1.82) is 0 Å². The summed E-state index contributed by atoms with van der Waals surface area (Å²) in [6, 6.07) is -0.536. The van der Waals surface area contributed by atoms with Gasteiger partial charge in [-0.15, -0.1) is 11.8 Å². The van der Waals surface area contributed by atoms with E-state index in [9.17, 15) is 14.0 Å². The van der Waals surface area contributed by atoms with Gasteiger partial charge >= 0.3 is 14.6 Å². The summed E-state index contributed by atoms with van der Waals surface area (Å²) in [5.74, 6) is -0.858. The van der Waals surface area contributed by atoms with E-state index < -0.39 is 26.7 Å². The molecule has 142 valence electrons. The van der Waals surface area contributed by atoms with Crippen LogP contribution in [0.25, 0.3) is 0 Å². The van der Waals surface area contributed by atoms with E-state index in [1.54, 1.807) is 0 Å². The zero-order valence-electron chi connectivity index (χ0n) is 15.6. The maximum absolute atomic E-state index is 13.7. The van der Waals surface area contributed by atoms with Crippen LogP contribution in [0.1, 0.15) is 48.0 Å². The zero-order chi connectivity index (χ0) is 18.8. The molecule has 9 heteroatoms. The smallest absolute Gasteiger partial charge is 0.350 e. The molecule has 0 radical (unpaired) electrons. The van der Waals surface area contributed by atoms with Gasteiger partial charge in [-0.05, 0) is 0 Å². The first kappa shape index (κ1) is 19.1. The van der Waals surface area contributed by atoms with Gasteiger partial charge in [0.25, 0.3) is 5.91 Å². The van der Waals surface area contributed by atoms with Gasteiger partial charge in [0.2, 0.25) is 0 Å². The number of rotatable bonds is 1. The van der Waals surface area contributed by atoms with Crippen LogP contribution in [0.5, 0.6) is 0 Å². The molecule has 0 aromatic rings. The molecular weight excluding hydrogens is 363 g/mol. The number of carbonyl (C=O) groups excluding carboxylic acids is 2. The number of imide groups is 1. The van der Waals surface area contributed by atoms with Gasteiger partial charge in [-0.1, -0.05) is 41.5 Å². The second kappa shape index (κ2) is 5.93. The standard InChI is InChI=1S/C16H27FN2O4SSi/c1-15(2,3)25(16(4,5)6)22-10-7-11(24-13(10)23-25)19-8-9(17)12(20)18-14(19)21/h9-11,13H,7-8H2,1-6H3,(H,18,20,21)/t9?,10-,11+,13-/m0/s1. The van der Waals surface area contributed by atoms with Crippen LogP contribution in [0.2, 0.25) is 10.1 Å². The highest BCUT2D eigenvalue weighted by atomic mass is 32.2. The Morgan fingerprint density at radius 2 is 1.76 bits per heavy atom. The Morgan fingerprint density at radius 3 is 2.28 bits per heavy atom. The van der Waals surface area contributed by atoms with Crippen molar-refractivity contribution in [2.24, 2.45) is 0 Å². The molecule has 3 aliphatic rings. The SMILES string of the molecule is CC(C)(C)[Si]1(C(C)(C)C)O[C@H]2C[C@H](N3CC(F)C(=O)NC3=O)S[C@@H]2O1. The van der Waals surface area contributed by atoms with Gasteiger partial charge in [-0.2, -0.15) is 0 Å². The lowest BCUT2D eigenvalue weighted by Crippen LogP contribution is -2.58. The van der Waals surface area contributed by atoms with Gasteiger partial charge in [0.15, 0.2) is 6.17 Å². The minimum absolute atomic E-state index is 0.0927. The number of amides is 3.